The highest BCUT2D eigenvalue weighted by atomic mass is 32.1. The van der Waals surface area contributed by atoms with Gasteiger partial charge in [0.1, 0.15) is 4.88 Å². The number of aromatic nitrogens is 2. The summed E-state index contributed by atoms with van der Waals surface area (Å²) in [7, 11) is 0. The molecule has 0 atom stereocenters. The van der Waals surface area contributed by atoms with Gasteiger partial charge in [-0.2, -0.15) is 0 Å². The van der Waals surface area contributed by atoms with Crippen molar-refractivity contribution in [2.45, 2.75) is 39.5 Å². The van der Waals surface area contributed by atoms with Crippen LogP contribution in [-0.4, -0.2) is 15.3 Å². The number of nitrogens with zero attached hydrogens (tertiary/aromatic N) is 2. The standard InChI is InChI=1S/C23H21N3O2S/c1-13-10-18-19(11-14(13)2)26-21(27)12-20(29-23(26)25-18)22(28)24-17-9-5-7-15-6-3-4-8-16(15)17/h5,7,9-12H,3-4,6,8H2,1-2H3,(H,24,28). The van der Waals surface area contributed by atoms with Crippen LogP contribution in [-0.2, 0) is 12.8 Å². The quantitative estimate of drug-likeness (QED) is 0.530. The summed E-state index contributed by atoms with van der Waals surface area (Å²) >= 11 is 1.24. The molecule has 2 aromatic heterocycles. The molecule has 1 N–H and O–H groups in total. The number of carbonyl (C=O) groups excluding carboxylic acids is 1. The van der Waals surface area contributed by atoms with Gasteiger partial charge in [0, 0.05) is 11.8 Å². The Labute approximate surface area is 172 Å². The highest BCUT2D eigenvalue weighted by Crippen LogP contribution is 2.29. The van der Waals surface area contributed by atoms with Gasteiger partial charge in [0.05, 0.1) is 11.0 Å². The molecule has 1 amide bonds. The van der Waals surface area contributed by atoms with Gasteiger partial charge in [0.15, 0.2) is 4.96 Å². The molecule has 0 aliphatic heterocycles. The molecule has 0 saturated carbocycles. The first-order valence-corrected chi connectivity index (χ1v) is 10.7. The Kier molecular flexibility index (Phi) is 4.24. The minimum Gasteiger partial charge on any atom is -0.321 e. The van der Waals surface area contributed by atoms with Crippen LogP contribution in [0.25, 0.3) is 16.0 Å². The molecular weight excluding hydrogens is 382 g/mol. The van der Waals surface area contributed by atoms with Gasteiger partial charge >= 0.3 is 0 Å². The molecule has 0 bridgehead atoms. The molecule has 146 valence electrons. The molecule has 0 fully saturated rings. The number of hydrogen-bond donors (Lipinski definition) is 1. The first-order chi connectivity index (χ1) is 14.0. The maximum Gasteiger partial charge on any atom is 0.266 e. The first kappa shape index (κ1) is 18.1. The van der Waals surface area contributed by atoms with E-state index < -0.39 is 0 Å². The van der Waals surface area contributed by atoms with E-state index in [1.807, 2.05) is 38.1 Å². The lowest BCUT2D eigenvalue weighted by molar-refractivity contribution is 0.103. The molecule has 0 spiro atoms. The molecule has 0 unspecified atom stereocenters. The summed E-state index contributed by atoms with van der Waals surface area (Å²) in [5.41, 5.74) is 6.95. The Hall–Kier alpha value is -2.99. The number of amides is 1. The summed E-state index contributed by atoms with van der Waals surface area (Å²) in [6, 6.07) is 11.4. The van der Waals surface area contributed by atoms with Crippen molar-refractivity contribution in [3.8, 4) is 0 Å². The Morgan fingerprint density at radius 3 is 2.76 bits per heavy atom. The Morgan fingerprint density at radius 2 is 1.90 bits per heavy atom. The van der Waals surface area contributed by atoms with Crippen molar-refractivity contribution in [1.29, 1.82) is 0 Å². The lowest BCUT2D eigenvalue weighted by Gasteiger charge is -2.19. The second-order valence-electron chi connectivity index (χ2n) is 7.71. The van der Waals surface area contributed by atoms with Crippen molar-refractivity contribution >= 4 is 38.9 Å². The van der Waals surface area contributed by atoms with Crippen LogP contribution >= 0.6 is 11.3 Å². The maximum absolute atomic E-state index is 12.9. The summed E-state index contributed by atoms with van der Waals surface area (Å²) in [6.07, 6.45) is 4.36. The molecule has 4 aromatic rings. The number of hydrogen-bond acceptors (Lipinski definition) is 4. The average molecular weight is 404 g/mol. The van der Waals surface area contributed by atoms with Crippen molar-refractivity contribution in [3.05, 3.63) is 73.9 Å². The minimum absolute atomic E-state index is 0.232. The fraction of sp³-hybridized carbons (Fsp3) is 0.261. The fourth-order valence-corrected chi connectivity index (χ4v) is 5.01. The van der Waals surface area contributed by atoms with E-state index in [1.54, 1.807) is 4.40 Å². The zero-order valence-corrected chi connectivity index (χ0v) is 17.2. The minimum atomic E-state index is -0.256. The second-order valence-corrected chi connectivity index (χ2v) is 8.72. The largest absolute Gasteiger partial charge is 0.321 e. The van der Waals surface area contributed by atoms with E-state index in [2.05, 4.69) is 16.4 Å². The van der Waals surface area contributed by atoms with Crippen molar-refractivity contribution in [2.75, 3.05) is 5.32 Å². The highest BCUT2D eigenvalue weighted by Gasteiger charge is 2.18. The Morgan fingerprint density at radius 1 is 1.10 bits per heavy atom. The highest BCUT2D eigenvalue weighted by molar-refractivity contribution is 7.18. The molecule has 2 aromatic carbocycles. The van der Waals surface area contributed by atoms with Gasteiger partial charge in [-0.3, -0.25) is 14.0 Å². The molecule has 29 heavy (non-hydrogen) atoms. The summed E-state index contributed by atoms with van der Waals surface area (Å²) in [5.74, 6) is -0.256. The van der Waals surface area contributed by atoms with Crippen molar-refractivity contribution in [1.82, 2.24) is 9.38 Å². The summed E-state index contributed by atoms with van der Waals surface area (Å²) in [4.78, 5) is 31.3. The molecule has 0 radical (unpaired) electrons. The number of rotatable bonds is 2. The van der Waals surface area contributed by atoms with Crippen LogP contribution in [0.15, 0.2) is 41.2 Å². The molecule has 5 rings (SSSR count). The number of nitrogens with one attached hydrogen (secondary N) is 1. The van der Waals surface area contributed by atoms with E-state index >= 15 is 0 Å². The van der Waals surface area contributed by atoms with Crippen LogP contribution in [0, 0.1) is 13.8 Å². The number of benzene rings is 2. The molecule has 2 heterocycles. The number of carbonyl (C=O) groups is 1. The van der Waals surface area contributed by atoms with Gasteiger partial charge < -0.3 is 5.32 Å². The average Bonchev–Trinajstić information content (AvgIpc) is 3.06. The Bertz CT molecular complexity index is 1350. The van der Waals surface area contributed by atoms with Crippen LogP contribution in [0.5, 0.6) is 0 Å². The van der Waals surface area contributed by atoms with Gasteiger partial charge in [0.2, 0.25) is 0 Å². The van der Waals surface area contributed by atoms with Gasteiger partial charge in [0.25, 0.3) is 11.5 Å². The smallest absolute Gasteiger partial charge is 0.266 e. The van der Waals surface area contributed by atoms with Crippen molar-refractivity contribution < 1.29 is 4.79 Å². The number of anilines is 1. The van der Waals surface area contributed by atoms with E-state index in [9.17, 15) is 9.59 Å². The zero-order valence-electron chi connectivity index (χ0n) is 16.4. The summed E-state index contributed by atoms with van der Waals surface area (Å²) in [5, 5.41) is 3.03. The van der Waals surface area contributed by atoms with Crippen molar-refractivity contribution in [3.63, 3.8) is 0 Å². The second kappa shape index (κ2) is 6.81. The van der Waals surface area contributed by atoms with Gasteiger partial charge in [-0.05, 0) is 80.0 Å². The number of fused-ring (bicyclic) bond motifs is 4. The van der Waals surface area contributed by atoms with E-state index in [4.69, 9.17) is 0 Å². The number of aryl methyl sites for hydroxylation is 3. The molecule has 1 aliphatic rings. The first-order valence-electron chi connectivity index (χ1n) is 9.87. The predicted octanol–water partition coefficient (Wildman–Crippen LogP) is 4.66. The van der Waals surface area contributed by atoms with E-state index in [-0.39, 0.29) is 11.5 Å². The van der Waals surface area contributed by atoms with Crippen LogP contribution in [0.1, 0.15) is 44.8 Å². The number of imidazole rings is 1. The summed E-state index contributed by atoms with van der Waals surface area (Å²) < 4.78 is 1.59. The fourth-order valence-electron chi connectivity index (χ4n) is 4.09. The van der Waals surface area contributed by atoms with E-state index in [0.29, 0.717) is 9.84 Å². The normalized spacial score (nSPS) is 13.6. The lowest BCUT2D eigenvalue weighted by Crippen LogP contribution is -2.18. The zero-order chi connectivity index (χ0) is 20.1. The topological polar surface area (TPSA) is 63.5 Å². The predicted molar refractivity (Wildman–Crippen MR) is 117 cm³/mol. The third-order valence-electron chi connectivity index (χ3n) is 5.78. The van der Waals surface area contributed by atoms with Crippen LogP contribution in [0.2, 0.25) is 0 Å². The SMILES string of the molecule is Cc1cc2nc3sc(C(=O)Nc4cccc5c4CCCC5)cc(=O)n3c2cc1C. The molecule has 6 heteroatoms. The lowest BCUT2D eigenvalue weighted by atomic mass is 9.90. The third-order valence-corrected chi connectivity index (χ3v) is 6.76. The third kappa shape index (κ3) is 3.04. The Balaban J connectivity index is 1.56. The van der Waals surface area contributed by atoms with Gasteiger partial charge in [-0.15, -0.1) is 0 Å². The van der Waals surface area contributed by atoms with Crippen LogP contribution in [0.3, 0.4) is 0 Å². The maximum atomic E-state index is 12.9. The van der Waals surface area contributed by atoms with E-state index in [0.717, 1.165) is 47.1 Å². The molecule has 5 nitrogen and oxygen atoms in total. The van der Waals surface area contributed by atoms with Gasteiger partial charge in [-0.1, -0.05) is 23.5 Å². The molecule has 0 saturated heterocycles. The monoisotopic (exact) mass is 403 g/mol. The van der Waals surface area contributed by atoms with Crippen LogP contribution in [0.4, 0.5) is 5.69 Å². The van der Waals surface area contributed by atoms with Crippen LogP contribution < -0.4 is 10.9 Å². The molecule has 1 aliphatic carbocycles. The van der Waals surface area contributed by atoms with E-state index in [1.165, 1.54) is 35.0 Å². The summed E-state index contributed by atoms with van der Waals surface area (Å²) in [6.45, 7) is 4.05. The molecular formula is C23H21N3O2S. The van der Waals surface area contributed by atoms with Crippen molar-refractivity contribution in [2.24, 2.45) is 0 Å². The van der Waals surface area contributed by atoms with Gasteiger partial charge in [-0.25, -0.2) is 4.98 Å².